The van der Waals surface area contributed by atoms with E-state index in [1.54, 1.807) is 12.2 Å². The number of carbonyl (C=O) groups is 1. The molecule has 0 radical (unpaired) electrons. The fourth-order valence-corrected chi connectivity index (χ4v) is 2.87. The molecule has 5 atom stereocenters. The van der Waals surface area contributed by atoms with Gasteiger partial charge in [-0.1, -0.05) is 55.5 Å². The van der Waals surface area contributed by atoms with Gasteiger partial charge in [0.05, 0.1) is 30.5 Å². The van der Waals surface area contributed by atoms with Gasteiger partial charge in [-0.3, -0.25) is 4.79 Å². The molecule has 0 amide bonds. The molecular weight excluding hydrogens is 360 g/mol. The fraction of sp³-hybridized carbons (Fsp3) is 0.591. The van der Waals surface area contributed by atoms with E-state index in [0.717, 1.165) is 12.8 Å². The Morgan fingerprint density at radius 1 is 1.11 bits per heavy atom. The first-order chi connectivity index (χ1) is 13.4. The third-order valence-electron chi connectivity index (χ3n) is 4.44. The van der Waals surface area contributed by atoms with Crippen molar-refractivity contribution >= 4 is 5.97 Å². The number of aliphatic hydroxyl groups excluding tert-OH is 3. The molecule has 0 aromatic heterocycles. The van der Waals surface area contributed by atoms with Gasteiger partial charge in [-0.25, -0.2) is 0 Å². The summed E-state index contributed by atoms with van der Waals surface area (Å²) in [4.78, 5) is 10.4. The van der Waals surface area contributed by atoms with Gasteiger partial charge in [0.2, 0.25) is 0 Å². The molecule has 6 heteroatoms. The summed E-state index contributed by atoms with van der Waals surface area (Å²) >= 11 is 0. The molecule has 1 rings (SSSR count). The van der Waals surface area contributed by atoms with Gasteiger partial charge >= 0.3 is 5.97 Å². The molecule has 1 aliphatic rings. The van der Waals surface area contributed by atoms with Crippen molar-refractivity contribution in [1.29, 1.82) is 0 Å². The number of hydrogen-bond acceptors (Lipinski definition) is 5. The summed E-state index contributed by atoms with van der Waals surface area (Å²) in [5.74, 6) is -0.853. The van der Waals surface area contributed by atoms with E-state index in [4.69, 9.17) is 9.84 Å². The van der Waals surface area contributed by atoms with E-state index in [2.05, 4.69) is 19.1 Å². The number of aliphatic hydroxyl groups is 3. The first-order valence-electron chi connectivity index (χ1n) is 9.98. The Labute approximate surface area is 167 Å². The van der Waals surface area contributed by atoms with Crippen molar-refractivity contribution in [2.75, 3.05) is 0 Å². The van der Waals surface area contributed by atoms with Gasteiger partial charge in [-0.05, 0) is 32.1 Å². The van der Waals surface area contributed by atoms with Gasteiger partial charge in [-0.2, -0.15) is 0 Å². The summed E-state index contributed by atoms with van der Waals surface area (Å²) in [6.07, 6.45) is 15.2. The van der Waals surface area contributed by atoms with Crippen LogP contribution < -0.4 is 0 Å². The van der Waals surface area contributed by atoms with Crippen LogP contribution in [0.1, 0.15) is 51.9 Å². The monoisotopic (exact) mass is 394 g/mol. The smallest absolute Gasteiger partial charge is 0.303 e. The second-order valence-electron chi connectivity index (χ2n) is 6.92. The summed E-state index contributed by atoms with van der Waals surface area (Å²) < 4.78 is 5.76. The molecule has 1 fully saturated rings. The maximum Gasteiger partial charge on any atom is 0.303 e. The fourth-order valence-electron chi connectivity index (χ4n) is 2.87. The molecule has 6 nitrogen and oxygen atoms in total. The highest BCUT2D eigenvalue weighted by molar-refractivity contribution is 5.66. The van der Waals surface area contributed by atoms with E-state index >= 15 is 0 Å². The predicted molar refractivity (Wildman–Crippen MR) is 109 cm³/mol. The van der Waals surface area contributed by atoms with E-state index in [1.807, 2.05) is 12.2 Å². The lowest BCUT2D eigenvalue weighted by Crippen LogP contribution is -2.24. The normalized spacial score (nSPS) is 25.5. The van der Waals surface area contributed by atoms with Crippen LogP contribution in [0.15, 0.2) is 48.6 Å². The third-order valence-corrected chi connectivity index (χ3v) is 4.44. The van der Waals surface area contributed by atoms with Crippen molar-refractivity contribution in [1.82, 2.24) is 0 Å². The minimum Gasteiger partial charge on any atom is -0.481 e. The molecule has 28 heavy (non-hydrogen) atoms. The molecule has 1 saturated heterocycles. The first kappa shape index (κ1) is 24.3. The van der Waals surface area contributed by atoms with E-state index in [9.17, 15) is 20.1 Å². The third kappa shape index (κ3) is 10.6. The molecule has 0 bridgehead atoms. The Kier molecular flexibility index (Phi) is 12.4. The molecular formula is C22H34O6. The summed E-state index contributed by atoms with van der Waals surface area (Å²) in [6, 6.07) is 0. The molecule has 4 N–H and O–H groups in total. The SMILES string of the molecule is CC/C=C\C/C=C\C[C@@H]1O[C@@H]([C@@H](O)/C=C/[C@@H](O)C/C=C\CCC(=O)O)C[C@H]1O. The van der Waals surface area contributed by atoms with Gasteiger partial charge in [0.15, 0.2) is 0 Å². The van der Waals surface area contributed by atoms with E-state index in [0.29, 0.717) is 25.7 Å². The Hall–Kier alpha value is -1.73. The summed E-state index contributed by atoms with van der Waals surface area (Å²) in [5, 5.41) is 38.8. The van der Waals surface area contributed by atoms with Crippen molar-refractivity contribution in [2.45, 2.75) is 82.4 Å². The van der Waals surface area contributed by atoms with Crippen LogP contribution in [0.5, 0.6) is 0 Å². The Bertz CT molecular complexity index is 551. The van der Waals surface area contributed by atoms with Crippen LogP contribution in [0.25, 0.3) is 0 Å². The number of hydrogen-bond donors (Lipinski definition) is 4. The van der Waals surface area contributed by atoms with E-state index in [1.165, 1.54) is 12.2 Å². The lowest BCUT2D eigenvalue weighted by atomic mass is 10.0. The molecule has 0 spiro atoms. The molecule has 1 aliphatic heterocycles. The maximum absolute atomic E-state index is 10.4. The van der Waals surface area contributed by atoms with Crippen molar-refractivity contribution in [3.63, 3.8) is 0 Å². The van der Waals surface area contributed by atoms with Crippen molar-refractivity contribution in [3.8, 4) is 0 Å². The topological polar surface area (TPSA) is 107 Å². The zero-order valence-corrected chi connectivity index (χ0v) is 16.6. The zero-order valence-electron chi connectivity index (χ0n) is 16.6. The number of carboxylic acids is 1. The molecule has 0 aromatic rings. The quantitative estimate of drug-likeness (QED) is 0.358. The molecule has 0 unspecified atom stereocenters. The molecule has 0 aromatic carbocycles. The number of ether oxygens (including phenoxy) is 1. The van der Waals surface area contributed by atoms with Crippen LogP contribution in [0.4, 0.5) is 0 Å². The number of allylic oxidation sites excluding steroid dienone is 4. The average Bonchev–Trinajstić information content (AvgIpc) is 3.03. The standard InChI is InChI=1S/C22H34O6/c1-2-3-4-5-6-9-12-20-19(25)16-21(28-20)18(24)15-14-17(23)11-8-7-10-13-22(26)27/h3-4,6-9,14-15,17-21,23-25H,2,5,10-13,16H2,1H3,(H,26,27)/b4-3-,8-7-,9-6-,15-14+/t17-,18-,19+,20-,21+/m0/s1. The number of rotatable bonds is 13. The Morgan fingerprint density at radius 2 is 1.86 bits per heavy atom. The van der Waals surface area contributed by atoms with Crippen LogP contribution >= 0.6 is 0 Å². The second kappa shape index (κ2) is 14.3. The largest absolute Gasteiger partial charge is 0.481 e. The van der Waals surface area contributed by atoms with Gasteiger partial charge in [-0.15, -0.1) is 0 Å². The van der Waals surface area contributed by atoms with Crippen LogP contribution in [-0.4, -0.2) is 56.9 Å². The minimum atomic E-state index is -0.901. The molecule has 1 heterocycles. The predicted octanol–water partition coefficient (Wildman–Crippen LogP) is 2.90. The Balaban J connectivity index is 2.33. The minimum absolute atomic E-state index is 0.0638. The zero-order chi connectivity index (χ0) is 20.8. The number of carboxylic acid groups (broad SMARTS) is 1. The van der Waals surface area contributed by atoms with Gasteiger partial charge in [0.25, 0.3) is 0 Å². The summed E-state index contributed by atoms with van der Waals surface area (Å²) in [6.45, 7) is 2.08. The average molecular weight is 395 g/mol. The highest BCUT2D eigenvalue weighted by Crippen LogP contribution is 2.26. The molecule has 158 valence electrons. The second-order valence-corrected chi connectivity index (χ2v) is 6.92. The van der Waals surface area contributed by atoms with Crippen molar-refractivity contribution in [2.24, 2.45) is 0 Å². The lowest BCUT2D eigenvalue weighted by Gasteiger charge is -2.16. The number of aliphatic carboxylic acids is 1. The van der Waals surface area contributed by atoms with Gasteiger partial charge in [0.1, 0.15) is 0 Å². The Morgan fingerprint density at radius 3 is 2.57 bits per heavy atom. The van der Waals surface area contributed by atoms with E-state index in [-0.39, 0.29) is 12.5 Å². The molecule has 0 saturated carbocycles. The van der Waals surface area contributed by atoms with Crippen molar-refractivity contribution in [3.05, 3.63) is 48.6 Å². The summed E-state index contributed by atoms with van der Waals surface area (Å²) in [7, 11) is 0. The van der Waals surface area contributed by atoms with Crippen LogP contribution in [0.3, 0.4) is 0 Å². The van der Waals surface area contributed by atoms with Gasteiger partial charge in [0, 0.05) is 12.8 Å². The lowest BCUT2D eigenvalue weighted by molar-refractivity contribution is -0.136. The van der Waals surface area contributed by atoms with Crippen LogP contribution in [-0.2, 0) is 9.53 Å². The highest BCUT2D eigenvalue weighted by atomic mass is 16.5. The van der Waals surface area contributed by atoms with Gasteiger partial charge < -0.3 is 25.2 Å². The maximum atomic E-state index is 10.4. The summed E-state index contributed by atoms with van der Waals surface area (Å²) in [5.41, 5.74) is 0. The van der Waals surface area contributed by atoms with Crippen LogP contribution in [0.2, 0.25) is 0 Å². The first-order valence-corrected chi connectivity index (χ1v) is 9.98. The van der Waals surface area contributed by atoms with E-state index < -0.39 is 30.4 Å². The highest BCUT2D eigenvalue weighted by Gasteiger charge is 2.36. The molecule has 0 aliphatic carbocycles. The van der Waals surface area contributed by atoms with Crippen LogP contribution in [0, 0.1) is 0 Å². The van der Waals surface area contributed by atoms with Crippen molar-refractivity contribution < 1.29 is 30.0 Å².